The molecule has 0 aromatic carbocycles. The fourth-order valence-electron chi connectivity index (χ4n) is 1.24. The lowest BCUT2D eigenvalue weighted by Crippen LogP contribution is -2.30. The van der Waals surface area contributed by atoms with Gasteiger partial charge in [0, 0.05) is 13.1 Å². The second-order valence-electron chi connectivity index (χ2n) is 2.67. The largest absolute Gasteiger partial charge is 0.362 e. The summed E-state index contributed by atoms with van der Waals surface area (Å²) in [5.41, 5.74) is 0. The predicted octanol–water partition coefficient (Wildman–Crippen LogP) is 0.755. The Morgan fingerprint density at radius 2 is 2.55 bits per heavy atom. The van der Waals surface area contributed by atoms with Gasteiger partial charge in [0.25, 0.3) is 0 Å². The van der Waals surface area contributed by atoms with E-state index < -0.39 is 0 Å². The smallest absolute Gasteiger partial charge is 0.107 e. The number of nitrogens with zero attached hydrogens (tertiary/aromatic N) is 2. The zero-order valence-corrected chi connectivity index (χ0v) is 7.29. The van der Waals surface area contributed by atoms with Crippen LogP contribution in [0.3, 0.4) is 0 Å². The Balaban J connectivity index is 2.15. The minimum absolute atomic E-state index is 0.294. The molecular weight excluding hydrogens is 140 g/mol. The molecule has 0 N–H and O–H groups in total. The van der Waals surface area contributed by atoms with Crippen LogP contribution in [0, 0.1) is 0 Å². The molecule has 1 aliphatic heterocycles. The van der Waals surface area contributed by atoms with Crippen LogP contribution in [-0.4, -0.2) is 43.6 Å². The minimum Gasteiger partial charge on any atom is -0.362 e. The van der Waals surface area contributed by atoms with Gasteiger partial charge in [-0.1, -0.05) is 0 Å². The van der Waals surface area contributed by atoms with Gasteiger partial charge in [0.2, 0.25) is 0 Å². The van der Waals surface area contributed by atoms with Crippen LogP contribution in [0.15, 0.2) is 4.99 Å². The molecule has 0 aliphatic carbocycles. The first kappa shape index (κ1) is 8.68. The average molecular weight is 156 g/mol. The Labute approximate surface area is 68.1 Å². The second kappa shape index (κ2) is 4.46. The molecule has 0 aromatic heterocycles. The Morgan fingerprint density at radius 3 is 3.09 bits per heavy atom. The maximum absolute atomic E-state index is 5.37. The normalized spacial score (nSPS) is 26.9. The highest BCUT2D eigenvalue weighted by molar-refractivity contribution is 5.53. The quantitative estimate of drug-likeness (QED) is 0.563. The summed E-state index contributed by atoms with van der Waals surface area (Å²) >= 11 is 0. The molecule has 1 atom stereocenters. The molecule has 0 aromatic rings. The highest BCUT2D eigenvalue weighted by Crippen LogP contribution is 2.07. The molecule has 0 amide bonds. The highest BCUT2D eigenvalue weighted by Gasteiger charge is 2.19. The third-order valence-electron chi connectivity index (χ3n) is 1.95. The first-order valence-electron chi connectivity index (χ1n) is 4.14. The number of rotatable bonds is 3. The Kier molecular flexibility index (Phi) is 3.52. The van der Waals surface area contributed by atoms with E-state index in [9.17, 15) is 0 Å². The van der Waals surface area contributed by atoms with Crippen LogP contribution >= 0.6 is 0 Å². The molecular formula is C8H16N2O. The van der Waals surface area contributed by atoms with Gasteiger partial charge in [-0.2, -0.15) is 0 Å². The molecule has 0 bridgehead atoms. The first-order valence-corrected chi connectivity index (χ1v) is 4.14. The average Bonchev–Trinajstić information content (AvgIpc) is 2.37. The van der Waals surface area contributed by atoms with E-state index in [0.717, 1.165) is 26.2 Å². The van der Waals surface area contributed by atoms with Crippen LogP contribution in [0.4, 0.5) is 0 Å². The van der Waals surface area contributed by atoms with E-state index >= 15 is 0 Å². The van der Waals surface area contributed by atoms with Crippen molar-refractivity contribution in [3.05, 3.63) is 0 Å². The van der Waals surface area contributed by atoms with Crippen molar-refractivity contribution in [3.8, 4) is 0 Å². The number of aliphatic imine (C=N–C) groups is 1. The highest BCUT2D eigenvalue weighted by atomic mass is 16.5. The third-order valence-corrected chi connectivity index (χ3v) is 1.95. The van der Waals surface area contributed by atoms with E-state index in [-0.39, 0.29) is 0 Å². The van der Waals surface area contributed by atoms with Gasteiger partial charge in [-0.15, -0.1) is 0 Å². The summed E-state index contributed by atoms with van der Waals surface area (Å²) in [6.45, 7) is 7.87. The van der Waals surface area contributed by atoms with E-state index in [4.69, 9.17) is 4.74 Å². The van der Waals surface area contributed by atoms with Crippen molar-refractivity contribution >= 4 is 6.21 Å². The molecule has 1 rings (SSSR count). The Bertz CT molecular complexity index is 136. The van der Waals surface area contributed by atoms with E-state index in [1.165, 1.54) is 0 Å². The minimum atomic E-state index is 0.294. The van der Waals surface area contributed by atoms with Crippen LogP contribution in [0.1, 0.15) is 13.8 Å². The molecule has 1 fully saturated rings. The number of hydrogen-bond acceptors (Lipinski definition) is 3. The molecule has 1 saturated heterocycles. The molecule has 11 heavy (non-hydrogen) atoms. The third kappa shape index (κ3) is 2.60. The molecule has 3 nitrogen and oxygen atoms in total. The molecule has 1 unspecified atom stereocenters. The molecule has 1 aliphatic rings. The van der Waals surface area contributed by atoms with E-state index in [1.807, 2.05) is 13.1 Å². The lowest BCUT2D eigenvalue weighted by atomic mass is 10.5. The van der Waals surface area contributed by atoms with E-state index in [0.29, 0.717) is 6.23 Å². The van der Waals surface area contributed by atoms with Gasteiger partial charge in [0.15, 0.2) is 0 Å². The van der Waals surface area contributed by atoms with Crippen LogP contribution in [0.5, 0.6) is 0 Å². The van der Waals surface area contributed by atoms with Crippen molar-refractivity contribution in [2.45, 2.75) is 20.1 Å². The summed E-state index contributed by atoms with van der Waals surface area (Å²) in [4.78, 5) is 6.45. The summed E-state index contributed by atoms with van der Waals surface area (Å²) in [5, 5.41) is 0. The summed E-state index contributed by atoms with van der Waals surface area (Å²) in [7, 11) is 0. The number of hydrogen-bond donors (Lipinski definition) is 0. The van der Waals surface area contributed by atoms with Gasteiger partial charge in [0.05, 0.1) is 13.2 Å². The van der Waals surface area contributed by atoms with Crippen molar-refractivity contribution in [3.63, 3.8) is 0 Å². The van der Waals surface area contributed by atoms with Crippen LogP contribution in [0.25, 0.3) is 0 Å². The van der Waals surface area contributed by atoms with Gasteiger partial charge >= 0.3 is 0 Å². The van der Waals surface area contributed by atoms with Crippen molar-refractivity contribution in [2.24, 2.45) is 4.99 Å². The predicted molar refractivity (Wildman–Crippen MR) is 46.0 cm³/mol. The molecule has 0 spiro atoms. The summed E-state index contributed by atoms with van der Waals surface area (Å²) in [6.07, 6.45) is 2.14. The lowest BCUT2D eigenvalue weighted by molar-refractivity contribution is 0.0514. The van der Waals surface area contributed by atoms with E-state index in [2.05, 4.69) is 16.8 Å². The molecule has 3 heteroatoms. The van der Waals surface area contributed by atoms with Crippen molar-refractivity contribution in [2.75, 3.05) is 26.2 Å². The number of ether oxygens (including phenoxy) is 1. The zero-order valence-electron chi connectivity index (χ0n) is 7.29. The maximum atomic E-state index is 5.37. The zero-order chi connectivity index (χ0) is 8.10. The molecule has 0 radical (unpaired) electrons. The Hall–Kier alpha value is -0.410. The maximum Gasteiger partial charge on any atom is 0.107 e. The van der Waals surface area contributed by atoms with Crippen LogP contribution in [-0.2, 0) is 4.74 Å². The van der Waals surface area contributed by atoms with E-state index in [1.54, 1.807) is 0 Å². The summed E-state index contributed by atoms with van der Waals surface area (Å²) < 4.78 is 5.37. The SMILES string of the molecule is CC=NCCN1CCOC1C. The summed E-state index contributed by atoms with van der Waals surface area (Å²) in [6, 6.07) is 0. The van der Waals surface area contributed by atoms with Crippen molar-refractivity contribution in [1.29, 1.82) is 0 Å². The van der Waals surface area contributed by atoms with Crippen molar-refractivity contribution < 1.29 is 4.74 Å². The lowest BCUT2D eigenvalue weighted by Gasteiger charge is -2.17. The Morgan fingerprint density at radius 1 is 1.73 bits per heavy atom. The first-order chi connectivity index (χ1) is 5.34. The topological polar surface area (TPSA) is 24.8 Å². The monoisotopic (exact) mass is 156 g/mol. The van der Waals surface area contributed by atoms with Crippen LogP contribution < -0.4 is 0 Å². The van der Waals surface area contributed by atoms with Gasteiger partial charge in [-0.05, 0) is 20.1 Å². The van der Waals surface area contributed by atoms with Crippen molar-refractivity contribution in [1.82, 2.24) is 4.90 Å². The standard InChI is InChI=1S/C8H16N2O/c1-3-9-4-5-10-6-7-11-8(10)2/h3,8H,4-7H2,1-2H3. The van der Waals surface area contributed by atoms with Gasteiger partial charge in [-0.25, -0.2) is 0 Å². The summed E-state index contributed by atoms with van der Waals surface area (Å²) in [5.74, 6) is 0. The van der Waals surface area contributed by atoms with Gasteiger partial charge in [-0.3, -0.25) is 9.89 Å². The molecule has 0 saturated carbocycles. The fraction of sp³-hybridized carbons (Fsp3) is 0.875. The molecule has 1 heterocycles. The molecule has 64 valence electrons. The fourth-order valence-corrected chi connectivity index (χ4v) is 1.24. The van der Waals surface area contributed by atoms with Crippen LogP contribution in [0.2, 0.25) is 0 Å². The second-order valence-corrected chi connectivity index (χ2v) is 2.67. The van der Waals surface area contributed by atoms with Gasteiger partial charge < -0.3 is 4.74 Å². The van der Waals surface area contributed by atoms with Gasteiger partial charge in [0.1, 0.15) is 6.23 Å².